The van der Waals surface area contributed by atoms with Gasteiger partial charge in [-0.2, -0.15) is 5.10 Å². The van der Waals surface area contributed by atoms with E-state index < -0.39 is 17.7 Å². The van der Waals surface area contributed by atoms with Gasteiger partial charge in [0, 0.05) is 12.1 Å². The van der Waals surface area contributed by atoms with Gasteiger partial charge in [-0.1, -0.05) is 0 Å². The lowest BCUT2D eigenvalue weighted by Gasteiger charge is -2.13. The lowest BCUT2D eigenvalue weighted by molar-refractivity contribution is 0.202. The molecule has 0 amide bonds. The molecule has 96 valence electrons. The van der Waals surface area contributed by atoms with Crippen LogP contribution in [0.15, 0.2) is 24.3 Å². The normalized spacial score (nSPS) is 12.7. The van der Waals surface area contributed by atoms with Crippen LogP contribution in [0.25, 0.3) is 0 Å². The maximum Gasteiger partial charge on any atom is 0.129 e. The average Bonchev–Trinajstić information content (AvgIpc) is 2.72. The summed E-state index contributed by atoms with van der Waals surface area (Å²) < 4.78 is 28.3. The van der Waals surface area contributed by atoms with Crippen LogP contribution in [0.3, 0.4) is 0 Å². The van der Waals surface area contributed by atoms with Crippen LogP contribution >= 0.6 is 0 Å². The van der Waals surface area contributed by atoms with Gasteiger partial charge >= 0.3 is 0 Å². The number of hydrogen-bond acceptors (Lipinski definition) is 2. The molecule has 0 bridgehead atoms. The Kier molecular flexibility index (Phi) is 3.43. The van der Waals surface area contributed by atoms with Crippen molar-refractivity contribution >= 4 is 0 Å². The number of nitrogens with zero attached hydrogens (tertiary/aromatic N) is 2. The molecule has 2 aromatic rings. The van der Waals surface area contributed by atoms with Crippen molar-refractivity contribution in [3.05, 3.63) is 52.9 Å². The fourth-order valence-corrected chi connectivity index (χ4v) is 1.92. The average molecular weight is 252 g/mol. The molecule has 5 heteroatoms. The third-order valence-electron chi connectivity index (χ3n) is 2.77. The summed E-state index contributed by atoms with van der Waals surface area (Å²) >= 11 is 0. The SMILES string of the molecule is CCn1nc(C)cc1C(O)c1cc(F)ccc1F. The third-order valence-corrected chi connectivity index (χ3v) is 2.77. The summed E-state index contributed by atoms with van der Waals surface area (Å²) in [6, 6.07) is 4.70. The lowest BCUT2D eigenvalue weighted by Crippen LogP contribution is -2.10. The first-order valence-corrected chi connectivity index (χ1v) is 5.70. The Morgan fingerprint density at radius 2 is 2.06 bits per heavy atom. The van der Waals surface area contributed by atoms with Crippen LogP contribution in [0.5, 0.6) is 0 Å². The topological polar surface area (TPSA) is 38.0 Å². The summed E-state index contributed by atoms with van der Waals surface area (Å²) in [4.78, 5) is 0. The molecule has 0 spiro atoms. The maximum absolute atomic E-state index is 13.6. The van der Waals surface area contributed by atoms with E-state index in [1.807, 2.05) is 6.92 Å². The third kappa shape index (κ3) is 2.26. The Morgan fingerprint density at radius 3 is 2.72 bits per heavy atom. The van der Waals surface area contributed by atoms with Crippen LogP contribution in [0.1, 0.15) is 30.0 Å². The Morgan fingerprint density at radius 1 is 1.33 bits per heavy atom. The molecular formula is C13H14F2N2O. The summed E-state index contributed by atoms with van der Waals surface area (Å²) in [7, 11) is 0. The molecule has 18 heavy (non-hydrogen) atoms. The van der Waals surface area contributed by atoms with E-state index in [2.05, 4.69) is 5.10 Å². The Balaban J connectivity index is 2.46. The minimum atomic E-state index is -1.22. The summed E-state index contributed by atoms with van der Waals surface area (Å²) in [5.41, 5.74) is 1.10. The van der Waals surface area contributed by atoms with Gasteiger partial charge in [-0.3, -0.25) is 4.68 Å². The monoisotopic (exact) mass is 252 g/mol. The van der Waals surface area contributed by atoms with Gasteiger partial charge in [0.05, 0.1) is 11.4 Å². The predicted octanol–water partition coefficient (Wildman–Crippen LogP) is 2.57. The van der Waals surface area contributed by atoms with Gasteiger partial charge in [0.2, 0.25) is 0 Å². The lowest BCUT2D eigenvalue weighted by atomic mass is 10.1. The molecule has 0 aliphatic rings. The Hall–Kier alpha value is -1.75. The minimum absolute atomic E-state index is 0.0791. The molecule has 0 saturated heterocycles. The summed E-state index contributed by atoms with van der Waals surface area (Å²) in [5.74, 6) is -1.21. The second-order valence-electron chi connectivity index (χ2n) is 4.09. The van der Waals surface area contributed by atoms with E-state index in [0.717, 1.165) is 23.9 Å². The van der Waals surface area contributed by atoms with Crippen molar-refractivity contribution < 1.29 is 13.9 Å². The molecule has 2 rings (SSSR count). The van der Waals surface area contributed by atoms with Crippen molar-refractivity contribution in [1.82, 2.24) is 9.78 Å². The number of aryl methyl sites for hydroxylation is 2. The van der Waals surface area contributed by atoms with E-state index in [-0.39, 0.29) is 5.56 Å². The van der Waals surface area contributed by atoms with E-state index in [1.165, 1.54) is 0 Å². The van der Waals surface area contributed by atoms with Crippen molar-refractivity contribution in [3.63, 3.8) is 0 Å². The Bertz CT molecular complexity index is 566. The molecule has 0 saturated carbocycles. The number of aromatic nitrogens is 2. The predicted molar refractivity (Wildman–Crippen MR) is 63.1 cm³/mol. The fraction of sp³-hybridized carbons (Fsp3) is 0.308. The van der Waals surface area contributed by atoms with Crippen LogP contribution in [-0.4, -0.2) is 14.9 Å². The molecular weight excluding hydrogens is 238 g/mol. The van der Waals surface area contributed by atoms with Gasteiger partial charge < -0.3 is 5.11 Å². The molecule has 1 aromatic heterocycles. The number of benzene rings is 1. The number of rotatable bonds is 3. The quantitative estimate of drug-likeness (QED) is 0.911. The maximum atomic E-state index is 13.6. The van der Waals surface area contributed by atoms with Crippen molar-refractivity contribution in [3.8, 4) is 0 Å². The molecule has 0 aliphatic heterocycles. The second kappa shape index (κ2) is 4.86. The number of halogens is 2. The Labute approximate surface area is 104 Å². The smallest absolute Gasteiger partial charge is 0.129 e. The second-order valence-corrected chi connectivity index (χ2v) is 4.09. The molecule has 1 aromatic carbocycles. The summed E-state index contributed by atoms with van der Waals surface area (Å²) in [6.45, 7) is 4.20. The van der Waals surface area contributed by atoms with Crippen LogP contribution in [0.2, 0.25) is 0 Å². The first kappa shape index (κ1) is 12.7. The van der Waals surface area contributed by atoms with Crippen molar-refractivity contribution in [2.75, 3.05) is 0 Å². The standard InChI is InChI=1S/C13H14F2N2O/c1-3-17-12(6-8(2)16-17)13(18)10-7-9(14)4-5-11(10)15/h4-7,13,18H,3H2,1-2H3. The highest BCUT2D eigenvalue weighted by molar-refractivity contribution is 5.28. The van der Waals surface area contributed by atoms with E-state index in [0.29, 0.717) is 12.2 Å². The van der Waals surface area contributed by atoms with Gasteiger partial charge in [0.15, 0.2) is 0 Å². The first-order chi connectivity index (χ1) is 8.52. The van der Waals surface area contributed by atoms with Crippen LogP contribution in [-0.2, 0) is 6.54 Å². The minimum Gasteiger partial charge on any atom is -0.382 e. The largest absolute Gasteiger partial charge is 0.382 e. The zero-order valence-corrected chi connectivity index (χ0v) is 10.2. The molecule has 0 radical (unpaired) electrons. The molecule has 3 nitrogen and oxygen atoms in total. The molecule has 1 heterocycles. The molecule has 1 N–H and O–H groups in total. The van der Waals surface area contributed by atoms with Gasteiger partial charge in [0.1, 0.15) is 17.7 Å². The zero-order valence-electron chi connectivity index (χ0n) is 10.2. The number of aliphatic hydroxyl groups excluding tert-OH is 1. The molecule has 0 fully saturated rings. The van der Waals surface area contributed by atoms with Gasteiger partial charge in [0.25, 0.3) is 0 Å². The van der Waals surface area contributed by atoms with E-state index in [4.69, 9.17) is 0 Å². The van der Waals surface area contributed by atoms with Crippen LogP contribution in [0.4, 0.5) is 8.78 Å². The first-order valence-electron chi connectivity index (χ1n) is 5.70. The zero-order chi connectivity index (χ0) is 13.3. The highest BCUT2D eigenvalue weighted by Gasteiger charge is 2.20. The van der Waals surface area contributed by atoms with E-state index >= 15 is 0 Å². The van der Waals surface area contributed by atoms with Crippen molar-refractivity contribution in [2.24, 2.45) is 0 Å². The molecule has 0 aliphatic carbocycles. The summed E-state index contributed by atoms with van der Waals surface area (Å²) in [6.07, 6.45) is -1.22. The van der Waals surface area contributed by atoms with E-state index in [1.54, 1.807) is 17.7 Å². The van der Waals surface area contributed by atoms with Gasteiger partial charge in [-0.15, -0.1) is 0 Å². The number of hydrogen-bond donors (Lipinski definition) is 1. The van der Waals surface area contributed by atoms with Crippen LogP contribution < -0.4 is 0 Å². The highest BCUT2D eigenvalue weighted by atomic mass is 19.1. The highest BCUT2D eigenvalue weighted by Crippen LogP contribution is 2.25. The molecule has 1 atom stereocenters. The van der Waals surface area contributed by atoms with Crippen LogP contribution in [0, 0.1) is 18.6 Å². The fourth-order valence-electron chi connectivity index (χ4n) is 1.92. The molecule has 1 unspecified atom stereocenters. The van der Waals surface area contributed by atoms with Crippen molar-refractivity contribution in [1.29, 1.82) is 0 Å². The van der Waals surface area contributed by atoms with Gasteiger partial charge in [-0.05, 0) is 38.1 Å². The van der Waals surface area contributed by atoms with Crippen molar-refractivity contribution in [2.45, 2.75) is 26.5 Å². The summed E-state index contributed by atoms with van der Waals surface area (Å²) in [5, 5.41) is 14.3. The number of aliphatic hydroxyl groups is 1. The van der Waals surface area contributed by atoms with Gasteiger partial charge in [-0.25, -0.2) is 8.78 Å². The van der Waals surface area contributed by atoms with E-state index in [9.17, 15) is 13.9 Å².